The summed E-state index contributed by atoms with van der Waals surface area (Å²) >= 11 is 0. The van der Waals surface area contributed by atoms with Crippen molar-refractivity contribution in [2.75, 3.05) is 18.5 Å². The van der Waals surface area contributed by atoms with Crippen LogP contribution in [-0.2, 0) is 25.7 Å². The number of nitro groups is 1. The summed E-state index contributed by atoms with van der Waals surface area (Å²) in [5.41, 5.74) is 10.3. The third-order valence-electron chi connectivity index (χ3n) is 9.30. The highest BCUT2D eigenvalue weighted by molar-refractivity contribution is 5.97. The van der Waals surface area contributed by atoms with Crippen LogP contribution in [0.15, 0.2) is 97.1 Å². The lowest BCUT2D eigenvalue weighted by Crippen LogP contribution is -2.46. The van der Waals surface area contributed by atoms with Gasteiger partial charge in [-0.2, -0.15) is 0 Å². The number of nitrogens with one attached hydrogen (secondary N) is 3. The second-order valence-electron chi connectivity index (χ2n) is 13.6. The second kappa shape index (κ2) is 19.0. The van der Waals surface area contributed by atoms with Gasteiger partial charge < -0.3 is 35.9 Å². The van der Waals surface area contributed by atoms with Crippen molar-refractivity contribution in [3.05, 3.63) is 124 Å². The largest absolute Gasteiger partial charge is 0.514 e. The molecule has 4 aromatic rings. The fraction of sp³-hybridized carbons (Fsp3) is 0.293. The van der Waals surface area contributed by atoms with Crippen LogP contribution < -0.4 is 26.4 Å². The predicted molar refractivity (Wildman–Crippen MR) is 206 cm³/mol. The first-order valence-corrected chi connectivity index (χ1v) is 18.1. The van der Waals surface area contributed by atoms with E-state index in [0.717, 1.165) is 22.3 Å². The SMILES string of the molecule is CC(C)[C@H](NC(=O)OCC1c2ccccc2-c2ccccc21)C(=O)CC(CCCNC(N)=O)C(=O)Nc1ccc(COC(=O)Oc2ccc([N+](=O)[O-])cc2)cc1. The number of urea groups is 1. The number of amides is 4. The number of nitro benzene ring substituents is 1. The minimum atomic E-state index is -1.01. The summed E-state index contributed by atoms with van der Waals surface area (Å²) in [7, 11) is 0. The quantitative estimate of drug-likeness (QED) is 0.0288. The molecule has 5 N–H and O–H groups in total. The number of carbonyl (C=O) groups excluding carboxylic acids is 5. The Labute approximate surface area is 323 Å². The van der Waals surface area contributed by atoms with E-state index in [1.165, 1.54) is 24.3 Å². The number of carbonyl (C=O) groups is 5. The number of alkyl carbamates (subject to hydrolysis) is 1. The van der Waals surface area contributed by atoms with Gasteiger partial charge in [0.2, 0.25) is 5.91 Å². The number of ether oxygens (including phenoxy) is 3. The van der Waals surface area contributed by atoms with Gasteiger partial charge in [-0.1, -0.05) is 74.5 Å². The highest BCUT2D eigenvalue weighted by atomic mass is 16.7. The third kappa shape index (κ3) is 10.9. The zero-order chi connectivity index (χ0) is 40.2. The summed E-state index contributed by atoms with van der Waals surface area (Å²) in [4.78, 5) is 74.0. The van der Waals surface area contributed by atoms with Gasteiger partial charge in [0.15, 0.2) is 5.78 Å². The van der Waals surface area contributed by atoms with Gasteiger partial charge in [0, 0.05) is 42.6 Å². The van der Waals surface area contributed by atoms with Crippen LogP contribution in [0.25, 0.3) is 11.1 Å². The molecule has 15 heteroatoms. The molecule has 0 saturated heterocycles. The molecule has 0 aromatic heterocycles. The molecule has 4 amide bonds. The van der Waals surface area contributed by atoms with Crippen LogP contribution in [0.4, 0.5) is 25.8 Å². The van der Waals surface area contributed by atoms with Crippen molar-refractivity contribution < 1.29 is 43.1 Å². The average Bonchev–Trinajstić information content (AvgIpc) is 3.50. The minimum Gasteiger partial charge on any atom is -0.449 e. The molecule has 0 bridgehead atoms. The van der Waals surface area contributed by atoms with Gasteiger partial charge >= 0.3 is 18.3 Å². The van der Waals surface area contributed by atoms with Gasteiger partial charge in [0.25, 0.3) is 5.69 Å². The number of fused-ring (bicyclic) bond motifs is 3. The summed E-state index contributed by atoms with van der Waals surface area (Å²) in [6, 6.07) is 25.7. The third-order valence-corrected chi connectivity index (χ3v) is 9.30. The van der Waals surface area contributed by atoms with E-state index in [1.54, 1.807) is 38.1 Å². The van der Waals surface area contributed by atoms with Gasteiger partial charge in [-0.05, 0) is 70.8 Å². The van der Waals surface area contributed by atoms with Gasteiger partial charge in [0.05, 0.1) is 11.0 Å². The summed E-state index contributed by atoms with van der Waals surface area (Å²) in [5, 5.41) is 18.8. The van der Waals surface area contributed by atoms with E-state index >= 15 is 0 Å². The van der Waals surface area contributed by atoms with Crippen molar-refractivity contribution in [3.63, 3.8) is 0 Å². The van der Waals surface area contributed by atoms with Crippen LogP contribution in [0.3, 0.4) is 0 Å². The van der Waals surface area contributed by atoms with E-state index in [1.807, 2.05) is 48.5 Å². The maximum Gasteiger partial charge on any atom is 0.514 e. The number of hydrogen-bond acceptors (Lipinski definition) is 10. The van der Waals surface area contributed by atoms with Crippen LogP contribution in [0.1, 0.15) is 55.7 Å². The Bertz CT molecular complexity index is 2010. The van der Waals surface area contributed by atoms with Crippen molar-refractivity contribution in [2.24, 2.45) is 17.6 Å². The first kappa shape index (κ1) is 40.4. The number of nitrogens with zero attached hydrogens (tertiary/aromatic N) is 1. The molecule has 4 aromatic carbocycles. The molecular formula is C41H43N5O10. The Morgan fingerprint density at radius 2 is 1.46 bits per heavy atom. The fourth-order valence-corrected chi connectivity index (χ4v) is 6.47. The van der Waals surface area contributed by atoms with Gasteiger partial charge in [-0.15, -0.1) is 0 Å². The molecule has 0 spiro atoms. The van der Waals surface area contributed by atoms with Crippen molar-refractivity contribution in [3.8, 4) is 16.9 Å². The van der Waals surface area contributed by atoms with E-state index < -0.39 is 41.1 Å². The Morgan fingerprint density at radius 3 is 2.05 bits per heavy atom. The van der Waals surface area contributed by atoms with Crippen molar-refractivity contribution in [1.29, 1.82) is 0 Å². The van der Waals surface area contributed by atoms with Crippen LogP contribution in [0, 0.1) is 22.0 Å². The molecule has 0 aliphatic heterocycles. The van der Waals surface area contributed by atoms with E-state index in [2.05, 4.69) is 16.0 Å². The number of ketones is 1. The number of rotatable bonds is 17. The van der Waals surface area contributed by atoms with Crippen molar-refractivity contribution >= 4 is 41.3 Å². The molecule has 56 heavy (non-hydrogen) atoms. The normalized spacial score (nSPS) is 12.7. The molecule has 5 rings (SSSR count). The van der Waals surface area contributed by atoms with Crippen LogP contribution in [-0.4, -0.2) is 54.1 Å². The number of nitrogens with two attached hydrogens (primary N) is 1. The standard InChI is InChI=1S/C41H43N5O10/c1-25(2)37(45-40(50)54-24-35-33-11-5-3-9-31(33)32-10-4-6-12-34(32)35)36(47)22-27(8-7-21-43-39(42)49)38(48)44-28-15-13-26(14-16-28)23-55-41(51)56-30-19-17-29(18-20-30)46(52)53/h3-6,9-20,25,27,35,37H,7-8,21-24H2,1-2H3,(H,44,48)(H,45,50)(H3,42,43,49)/t27?,37-/m0/s1. The summed E-state index contributed by atoms with van der Waals surface area (Å²) in [6.45, 7) is 3.70. The summed E-state index contributed by atoms with van der Waals surface area (Å²) < 4.78 is 15.9. The molecule has 292 valence electrons. The Hall–Kier alpha value is -6.77. The zero-order valence-electron chi connectivity index (χ0n) is 30.9. The van der Waals surface area contributed by atoms with Gasteiger partial charge in [-0.25, -0.2) is 14.4 Å². The highest BCUT2D eigenvalue weighted by Gasteiger charge is 2.32. The Balaban J connectivity index is 1.16. The smallest absolute Gasteiger partial charge is 0.449 e. The first-order chi connectivity index (χ1) is 26.9. The number of non-ortho nitro benzene ring substituents is 1. The van der Waals surface area contributed by atoms with E-state index in [4.69, 9.17) is 19.9 Å². The second-order valence-corrected chi connectivity index (χ2v) is 13.6. The van der Waals surface area contributed by atoms with Crippen LogP contribution in [0.5, 0.6) is 5.75 Å². The highest BCUT2D eigenvalue weighted by Crippen LogP contribution is 2.44. The van der Waals surface area contributed by atoms with Gasteiger partial charge in [-0.3, -0.25) is 19.7 Å². The molecule has 0 saturated carbocycles. The molecule has 1 aliphatic carbocycles. The number of Topliss-reactive ketones (excluding diaryl/α,β-unsaturated/α-hetero) is 1. The fourth-order valence-electron chi connectivity index (χ4n) is 6.47. The number of anilines is 1. The van der Waals surface area contributed by atoms with Crippen molar-refractivity contribution in [2.45, 2.75) is 51.7 Å². The maximum absolute atomic E-state index is 13.7. The van der Waals surface area contributed by atoms with Gasteiger partial charge in [0.1, 0.15) is 19.0 Å². The number of primary amides is 1. The lowest BCUT2D eigenvalue weighted by Gasteiger charge is -2.24. The lowest BCUT2D eigenvalue weighted by molar-refractivity contribution is -0.384. The molecular weight excluding hydrogens is 722 g/mol. The van der Waals surface area contributed by atoms with E-state index in [-0.39, 0.29) is 61.7 Å². The van der Waals surface area contributed by atoms with Crippen LogP contribution in [0.2, 0.25) is 0 Å². The summed E-state index contributed by atoms with van der Waals surface area (Å²) in [5.74, 6) is -2.02. The minimum absolute atomic E-state index is 0.0739. The van der Waals surface area contributed by atoms with E-state index in [0.29, 0.717) is 17.7 Å². The molecule has 0 heterocycles. The van der Waals surface area contributed by atoms with Crippen LogP contribution >= 0.6 is 0 Å². The molecule has 15 nitrogen and oxygen atoms in total. The zero-order valence-corrected chi connectivity index (χ0v) is 30.9. The Morgan fingerprint density at radius 1 is 0.839 bits per heavy atom. The molecule has 0 radical (unpaired) electrons. The lowest BCUT2D eigenvalue weighted by atomic mass is 9.89. The van der Waals surface area contributed by atoms with E-state index in [9.17, 15) is 34.1 Å². The van der Waals surface area contributed by atoms with Crippen molar-refractivity contribution in [1.82, 2.24) is 10.6 Å². The molecule has 1 unspecified atom stereocenters. The predicted octanol–water partition coefficient (Wildman–Crippen LogP) is 6.84. The average molecular weight is 766 g/mol. The monoisotopic (exact) mass is 765 g/mol. The number of benzene rings is 4. The maximum atomic E-state index is 13.7. The molecule has 1 aliphatic rings. The first-order valence-electron chi connectivity index (χ1n) is 18.1. The topological polar surface area (TPSA) is 218 Å². The molecule has 0 fully saturated rings. The summed E-state index contributed by atoms with van der Waals surface area (Å²) in [6.07, 6.45) is -1.36. The Kier molecular flexibility index (Phi) is 13.7. The molecule has 2 atom stereocenters. The number of hydrogen-bond donors (Lipinski definition) is 4.